The first kappa shape index (κ1) is 13.9. The summed E-state index contributed by atoms with van der Waals surface area (Å²) in [6.45, 7) is 2.49. The molecule has 3 nitrogen and oxygen atoms in total. The van der Waals surface area contributed by atoms with Gasteiger partial charge in [-0.1, -0.05) is 12.1 Å². The van der Waals surface area contributed by atoms with Crippen molar-refractivity contribution in [2.45, 2.75) is 25.8 Å². The summed E-state index contributed by atoms with van der Waals surface area (Å²) in [4.78, 5) is 11.9. The van der Waals surface area contributed by atoms with E-state index in [0.717, 1.165) is 18.9 Å². The van der Waals surface area contributed by atoms with Gasteiger partial charge in [0, 0.05) is 5.56 Å². The van der Waals surface area contributed by atoms with E-state index in [1.54, 1.807) is 6.92 Å². The lowest BCUT2D eigenvalue weighted by atomic mass is 10.1. The summed E-state index contributed by atoms with van der Waals surface area (Å²) >= 11 is 0. The third kappa shape index (κ3) is 3.50. The van der Waals surface area contributed by atoms with Crippen LogP contribution in [-0.2, 0) is 9.53 Å². The Morgan fingerprint density at radius 1 is 1.47 bits per heavy atom. The van der Waals surface area contributed by atoms with Crippen molar-refractivity contribution in [2.75, 3.05) is 13.2 Å². The van der Waals surface area contributed by atoms with Crippen molar-refractivity contribution in [3.63, 3.8) is 0 Å². The van der Waals surface area contributed by atoms with Gasteiger partial charge in [0.1, 0.15) is 6.04 Å². The number of carbonyl (C=O) groups excluding carboxylic acids is 1. The molecule has 1 aromatic carbocycles. The molecule has 1 aromatic rings. The summed E-state index contributed by atoms with van der Waals surface area (Å²) in [7, 11) is 0. The Labute approximate surface area is 111 Å². The summed E-state index contributed by atoms with van der Waals surface area (Å²) in [6, 6.07) is 2.87. The Morgan fingerprint density at radius 3 is 2.84 bits per heavy atom. The molecular formula is C14H17F2NO2. The monoisotopic (exact) mass is 269 g/mol. The minimum atomic E-state index is -0.996. The summed E-state index contributed by atoms with van der Waals surface area (Å²) < 4.78 is 31.9. The minimum Gasteiger partial charge on any atom is -0.465 e. The molecule has 2 rings (SSSR count). The van der Waals surface area contributed by atoms with Crippen LogP contribution in [0.5, 0.6) is 0 Å². The lowest BCUT2D eigenvalue weighted by molar-refractivity contribution is -0.146. The molecule has 0 bridgehead atoms. The van der Waals surface area contributed by atoms with E-state index in [1.807, 2.05) is 0 Å². The van der Waals surface area contributed by atoms with Crippen molar-refractivity contribution >= 4 is 5.97 Å². The van der Waals surface area contributed by atoms with Crippen LogP contribution in [0, 0.1) is 17.6 Å². The quantitative estimate of drug-likeness (QED) is 0.807. The van der Waals surface area contributed by atoms with Crippen LogP contribution in [0.15, 0.2) is 18.2 Å². The van der Waals surface area contributed by atoms with E-state index >= 15 is 0 Å². The van der Waals surface area contributed by atoms with E-state index in [9.17, 15) is 13.6 Å². The molecule has 0 saturated heterocycles. The maximum absolute atomic E-state index is 13.8. The Hall–Kier alpha value is -1.49. The van der Waals surface area contributed by atoms with Crippen LogP contribution in [0.4, 0.5) is 8.78 Å². The van der Waals surface area contributed by atoms with Gasteiger partial charge in [0.05, 0.1) is 6.61 Å². The number of halogens is 2. The lowest BCUT2D eigenvalue weighted by Gasteiger charge is -2.18. The zero-order valence-corrected chi connectivity index (χ0v) is 10.8. The van der Waals surface area contributed by atoms with Crippen LogP contribution in [0.2, 0.25) is 0 Å². The van der Waals surface area contributed by atoms with Crippen molar-refractivity contribution in [3.8, 4) is 0 Å². The van der Waals surface area contributed by atoms with E-state index in [2.05, 4.69) is 5.32 Å². The first-order valence-corrected chi connectivity index (χ1v) is 6.47. The van der Waals surface area contributed by atoms with Crippen molar-refractivity contribution in [1.82, 2.24) is 5.32 Å². The largest absolute Gasteiger partial charge is 0.465 e. The number of nitrogens with one attached hydrogen (secondary N) is 1. The van der Waals surface area contributed by atoms with Crippen molar-refractivity contribution in [1.29, 1.82) is 0 Å². The predicted octanol–water partition coefficient (Wildman–Crippen LogP) is 2.57. The molecule has 1 N–H and O–H groups in total. The molecular weight excluding hydrogens is 252 g/mol. The van der Waals surface area contributed by atoms with Gasteiger partial charge < -0.3 is 10.1 Å². The maximum atomic E-state index is 13.8. The molecule has 5 heteroatoms. The Kier molecular flexibility index (Phi) is 4.47. The third-order valence-electron chi connectivity index (χ3n) is 3.12. The molecule has 0 spiro atoms. The molecule has 0 amide bonds. The summed E-state index contributed by atoms with van der Waals surface area (Å²) in [5.74, 6) is -2.01. The number of rotatable bonds is 6. The number of ether oxygens (including phenoxy) is 1. The highest BCUT2D eigenvalue weighted by atomic mass is 19.2. The average Bonchev–Trinajstić information content (AvgIpc) is 3.19. The zero-order chi connectivity index (χ0) is 13.8. The highest BCUT2D eigenvalue weighted by Crippen LogP contribution is 2.29. The Morgan fingerprint density at radius 2 is 2.21 bits per heavy atom. The highest BCUT2D eigenvalue weighted by Gasteiger charge is 2.29. The lowest BCUT2D eigenvalue weighted by Crippen LogP contribution is -2.32. The third-order valence-corrected chi connectivity index (χ3v) is 3.12. The van der Waals surface area contributed by atoms with Gasteiger partial charge in [0.2, 0.25) is 0 Å². The fraction of sp³-hybridized carbons (Fsp3) is 0.500. The highest BCUT2D eigenvalue weighted by molar-refractivity contribution is 5.77. The summed E-state index contributed by atoms with van der Waals surface area (Å²) in [5.41, 5.74) is -0.000833. The fourth-order valence-electron chi connectivity index (χ4n) is 1.90. The molecule has 0 heterocycles. The number of hydrogen-bond donors (Lipinski definition) is 1. The molecule has 1 fully saturated rings. The van der Waals surface area contributed by atoms with Crippen LogP contribution >= 0.6 is 0 Å². The SMILES string of the molecule is CCOC(=O)C(NCC1CC1)c1cccc(F)c1F. The van der Waals surface area contributed by atoms with Gasteiger partial charge in [-0.25, -0.2) is 13.6 Å². The van der Waals surface area contributed by atoms with Gasteiger partial charge in [-0.15, -0.1) is 0 Å². The number of carbonyl (C=O) groups is 1. The smallest absolute Gasteiger partial charge is 0.327 e. The molecule has 104 valence electrons. The summed E-state index contributed by atoms with van der Waals surface area (Å²) in [6.07, 6.45) is 2.21. The molecule has 1 aliphatic rings. The molecule has 1 unspecified atom stereocenters. The number of esters is 1. The zero-order valence-electron chi connectivity index (χ0n) is 10.8. The maximum Gasteiger partial charge on any atom is 0.327 e. The fourth-order valence-corrected chi connectivity index (χ4v) is 1.90. The summed E-state index contributed by atoms with van der Waals surface area (Å²) in [5, 5.41) is 2.97. The second kappa shape index (κ2) is 6.10. The van der Waals surface area contributed by atoms with E-state index < -0.39 is 23.6 Å². The minimum absolute atomic E-state index is 0.000833. The Balaban J connectivity index is 2.18. The molecule has 1 saturated carbocycles. The normalized spacial score (nSPS) is 16.2. The van der Waals surface area contributed by atoms with Crippen molar-refractivity contribution < 1.29 is 18.3 Å². The van der Waals surface area contributed by atoms with Crippen molar-refractivity contribution in [2.24, 2.45) is 5.92 Å². The topological polar surface area (TPSA) is 38.3 Å². The molecule has 0 aliphatic heterocycles. The van der Waals surface area contributed by atoms with Gasteiger partial charge in [-0.05, 0) is 38.3 Å². The molecule has 0 radical (unpaired) electrons. The van der Waals surface area contributed by atoms with Crippen LogP contribution in [0.25, 0.3) is 0 Å². The van der Waals surface area contributed by atoms with Crippen LogP contribution in [0.1, 0.15) is 31.4 Å². The van der Waals surface area contributed by atoms with Crippen molar-refractivity contribution in [3.05, 3.63) is 35.4 Å². The average molecular weight is 269 g/mol. The van der Waals surface area contributed by atoms with Crippen LogP contribution < -0.4 is 5.32 Å². The van der Waals surface area contributed by atoms with Crippen LogP contribution in [0.3, 0.4) is 0 Å². The van der Waals surface area contributed by atoms with E-state index in [4.69, 9.17) is 4.74 Å². The standard InChI is InChI=1S/C14H17F2NO2/c1-2-19-14(18)13(17-8-9-6-7-9)10-4-3-5-11(15)12(10)16/h3-5,9,13,17H,2,6-8H2,1H3. The van der Waals surface area contributed by atoms with E-state index in [0.29, 0.717) is 12.5 Å². The first-order chi connectivity index (χ1) is 9.13. The molecule has 1 atom stereocenters. The van der Waals surface area contributed by atoms with Crippen LogP contribution in [-0.4, -0.2) is 19.1 Å². The van der Waals surface area contributed by atoms with E-state index in [1.165, 1.54) is 12.1 Å². The van der Waals surface area contributed by atoms with Gasteiger partial charge in [-0.2, -0.15) is 0 Å². The molecule has 0 aromatic heterocycles. The van der Waals surface area contributed by atoms with Gasteiger partial charge in [0.25, 0.3) is 0 Å². The Bertz CT molecular complexity index is 461. The second-order valence-electron chi connectivity index (χ2n) is 4.68. The first-order valence-electron chi connectivity index (χ1n) is 6.47. The second-order valence-corrected chi connectivity index (χ2v) is 4.68. The number of hydrogen-bond acceptors (Lipinski definition) is 3. The number of benzene rings is 1. The van der Waals surface area contributed by atoms with Gasteiger partial charge >= 0.3 is 5.97 Å². The molecule has 19 heavy (non-hydrogen) atoms. The van der Waals surface area contributed by atoms with E-state index in [-0.39, 0.29) is 12.2 Å². The van der Waals surface area contributed by atoms with Gasteiger partial charge in [-0.3, -0.25) is 0 Å². The molecule has 1 aliphatic carbocycles. The predicted molar refractivity (Wildman–Crippen MR) is 66.5 cm³/mol. The van der Waals surface area contributed by atoms with Gasteiger partial charge in [0.15, 0.2) is 11.6 Å².